The number of aliphatic hydroxyl groups excluding tert-OH is 1. The lowest BCUT2D eigenvalue weighted by Crippen LogP contribution is -2.29. The van der Waals surface area contributed by atoms with E-state index in [0.29, 0.717) is 11.5 Å². The van der Waals surface area contributed by atoms with E-state index in [0.717, 1.165) is 24.8 Å². The minimum atomic E-state index is -0.584. The Morgan fingerprint density at radius 1 is 1.29 bits per heavy atom. The van der Waals surface area contributed by atoms with Crippen molar-refractivity contribution in [3.05, 3.63) is 48.0 Å². The summed E-state index contributed by atoms with van der Waals surface area (Å²) in [6.45, 7) is 9.52. The number of Topliss-reactive ketones (excluding diaryl/α,β-unsaturated/α-hetero) is 1. The number of allylic oxidation sites excluding steroid dienone is 1. The van der Waals surface area contributed by atoms with Gasteiger partial charge in [-0.1, -0.05) is 37.3 Å². The van der Waals surface area contributed by atoms with Crippen LogP contribution < -0.4 is 0 Å². The highest BCUT2D eigenvalue weighted by Gasteiger charge is 2.24. The van der Waals surface area contributed by atoms with Gasteiger partial charge in [-0.25, -0.2) is 0 Å². The zero-order valence-electron chi connectivity index (χ0n) is 14.9. The monoisotopic (exact) mass is 332 g/mol. The summed E-state index contributed by atoms with van der Waals surface area (Å²) in [5.74, 6) is -0.339. The van der Waals surface area contributed by atoms with E-state index in [1.807, 2.05) is 19.9 Å². The van der Waals surface area contributed by atoms with Crippen LogP contribution in [0.3, 0.4) is 0 Å². The second-order valence-corrected chi connectivity index (χ2v) is 6.79. The molecule has 1 N–H and O–H groups in total. The summed E-state index contributed by atoms with van der Waals surface area (Å²) in [6, 6.07) is 6.57. The number of hydrogen-bond donors (Lipinski definition) is 1. The van der Waals surface area contributed by atoms with Crippen molar-refractivity contribution in [3.8, 4) is 0 Å². The molecule has 1 atom stereocenters. The Balaban J connectivity index is 2.48. The van der Waals surface area contributed by atoms with Gasteiger partial charge < -0.3 is 9.84 Å². The quantitative estimate of drug-likeness (QED) is 0.304. The fourth-order valence-electron chi connectivity index (χ4n) is 2.39. The normalized spacial score (nSPS) is 12.5. The Bertz CT molecular complexity index is 558. The number of ether oxygens (including phenoxy) is 1. The van der Waals surface area contributed by atoms with E-state index >= 15 is 0 Å². The number of benzene rings is 1. The van der Waals surface area contributed by atoms with Gasteiger partial charge in [0.25, 0.3) is 0 Å². The molecular formula is C20H28O4. The topological polar surface area (TPSA) is 63.6 Å². The minimum Gasteiger partial charge on any atom is -0.459 e. The van der Waals surface area contributed by atoms with Crippen LogP contribution in [-0.4, -0.2) is 22.5 Å². The molecule has 24 heavy (non-hydrogen) atoms. The molecule has 0 bridgehead atoms. The molecule has 4 nitrogen and oxygen atoms in total. The predicted octanol–water partition coefficient (Wildman–Crippen LogP) is 4.07. The summed E-state index contributed by atoms with van der Waals surface area (Å²) in [5.41, 5.74) is 0.588. The molecule has 1 aromatic rings. The zero-order valence-corrected chi connectivity index (χ0v) is 14.9. The van der Waals surface area contributed by atoms with Gasteiger partial charge >= 0.3 is 5.97 Å². The Hall–Kier alpha value is -1.94. The maximum absolute atomic E-state index is 12.1. The van der Waals surface area contributed by atoms with Gasteiger partial charge in [-0.15, -0.1) is 6.58 Å². The fourth-order valence-corrected chi connectivity index (χ4v) is 2.39. The summed E-state index contributed by atoms with van der Waals surface area (Å²) in [5, 5.41) is 9.00. The van der Waals surface area contributed by atoms with Gasteiger partial charge in [0.1, 0.15) is 12.0 Å². The number of hydrogen-bond acceptors (Lipinski definition) is 4. The second kappa shape index (κ2) is 9.38. The molecule has 0 saturated heterocycles. The maximum atomic E-state index is 12.1. The third kappa shape index (κ3) is 7.09. The lowest BCUT2D eigenvalue weighted by atomic mass is 9.96. The van der Waals surface area contributed by atoms with Crippen LogP contribution in [0, 0.1) is 5.92 Å². The molecule has 0 aromatic heterocycles. The molecule has 0 saturated carbocycles. The van der Waals surface area contributed by atoms with Gasteiger partial charge in [0.05, 0.1) is 6.61 Å². The average Bonchev–Trinajstić information content (AvgIpc) is 2.53. The van der Waals surface area contributed by atoms with Gasteiger partial charge in [0.2, 0.25) is 0 Å². The number of esters is 1. The molecule has 132 valence electrons. The molecule has 0 spiro atoms. The van der Waals surface area contributed by atoms with Crippen LogP contribution in [0.25, 0.3) is 0 Å². The van der Waals surface area contributed by atoms with Gasteiger partial charge in [0.15, 0.2) is 5.78 Å². The van der Waals surface area contributed by atoms with E-state index in [9.17, 15) is 9.59 Å². The highest BCUT2D eigenvalue weighted by atomic mass is 16.6. The van der Waals surface area contributed by atoms with Crippen molar-refractivity contribution >= 4 is 11.8 Å². The molecule has 1 aromatic carbocycles. The van der Waals surface area contributed by atoms with Crippen molar-refractivity contribution in [2.75, 3.05) is 0 Å². The molecule has 4 heteroatoms. The van der Waals surface area contributed by atoms with Gasteiger partial charge in [-0.3, -0.25) is 9.59 Å². The lowest BCUT2D eigenvalue weighted by molar-refractivity contribution is -0.155. The van der Waals surface area contributed by atoms with E-state index in [1.165, 1.54) is 0 Å². The highest BCUT2D eigenvalue weighted by molar-refractivity contribution is 6.06. The first-order chi connectivity index (χ1) is 11.3. The third-order valence-electron chi connectivity index (χ3n) is 3.99. The van der Waals surface area contributed by atoms with Crippen molar-refractivity contribution in [1.82, 2.24) is 0 Å². The maximum Gasteiger partial charge on any atom is 0.314 e. The Morgan fingerprint density at radius 3 is 2.46 bits per heavy atom. The zero-order chi connectivity index (χ0) is 18.2. The molecule has 0 aliphatic heterocycles. The summed E-state index contributed by atoms with van der Waals surface area (Å²) >= 11 is 0. The van der Waals surface area contributed by atoms with Crippen molar-refractivity contribution < 1.29 is 19.4 Å². The summed E-state index contributed by atoms with van der Waals surface area (Å²) in [6.07, 6.45) is 4.33. The van der Waals surface area contributed by atoms with Gasteiger partial charge in [0, 0.05) is 5.56 Å². The summed E-state index contributed by atoms with van der Waals surface area (Å²) in [4.78, 5) is 24.1. The smallest absolute Gasteiger partial charge is 0.314 e. The molecule has 1 unspecified atom stereocenters. The molecule has 1 rings (SSSR count). The van der Waals surface area contributed by atoms with Crippen LogP contribution in [0.15, 0.2) is 36.9 Å². The molecular weight excluding hydrogens is 304 g/mol. The van der Waals surface area contributed by atoms with Crippen LogP contribution in [0.1, 0.15) is 62.4 Å². The molecule has 0 fully saturated rings. The van der Waals surface area contributed by atoms with E-state index in [1.54, 1.807) is 24.3 Å². The van der Waals surface area contributed by atoms with Crippen LogP contribution in [0.4, 0.5) is 0 Å². The summed E-state index contributed by atoms with van der Waals surface area (Å²) in [7, 11) is 0. The number of aliphatic hydroxyl groups is 1. The minimum absolute atomic E-state index is 0.0742. The first-order valence-corrected chi connectivity index (χ1v) is 8.35. The number of carbonyl (C=O) groups excluding carboxylic acids is 2. The second-order valence-electron chi connectivity index (χ2n) is 6.79. The van der Waals surface area contributed by atoms with Crippen molar-refractivity contribution in [1.29, 1.82) is 0 Å². The first-order valence-electron chi connectivity index (χ1n) is 8.35. The third-order valence-corrected chi connectivity index (χ3v) is 3.99. The predicted molar refractivity (Wildman–Crippen MR) is 94.7 cm³/mol. The molecule has 0 aliphatic rings. The number of rotatable bonds is 10. The Kier molecular flexibility index (Phi) is 7.86. The van der Waals surface area contributed by atoms with E-state index < -0.39 is 11.6 Å². The van der Waals surface area contributed by atoms with E-state index in [-0.39, 0.29) is 18.8 Å². The number of ketones is 1. The SMILES string of the molecule is C=CC(C)CCCC(C)(C)OC(=O)CC(=O)c1ccc(CO)cc1. The first kappa shape index (κ1) is 20.1. The van der Waals surface area contributed by atoms with Crippen LogP contribution in [-0.2, 0) is 16.1 Å². The lowest BCUT2D eigenvalue weighted by Gasteiger charge is -2.25. The Labute approximate surface area is 144 Å². The molecule has 0 heterocycles. The number of carbonyl (C=O) groups is 2. The highest BCUT2D eigenvalue weighted by Crippen LogP contribution is 2.21. The van der Waals surface area contributed by atoms with Gasteiger partial charge in [-0.05, 0) is 44.6 Å². The van der Waals surface area contributed by atoms with E-state index in [4.69, 9.17) is 9.84 Å². The van der Waals surface area contributed by atoms with Crippen molar-refractivity contribution in [2.24, 2.45) is 5.92 Å². The van der Waals surface area contributed by atoms with Crippen molar-refractivity contribution in [2.45, 2.75) is 58.7 Å². The molecule has 0 aliphatic carbocycles. The van der Waals surface area contributed by atoms with Crippen LogP contribution in [0.5, 0.6) is 0 Å². The fraction of sp³-hybridized carbons (Fsp3) is 0.500. The van der Waals surface area contributed by atoms with Crippen molar-refractivity contribution in [3.63, 3.8) is 0 Å². The molecule has 0 amide bonds. The average molecular weight is 332 g/mol. The molecule has 0 radical (unpaired) electrons. The van der Waals surface area contributed by atoms with Crippen LogP contribution in [0.2, 0.25) is 0 Å². The largest absolute Gasteiger partial charge is 0.459 e. The van der Waals surface area contributed by atoms with E-state index in [2.05, 4.69) is 13.5 Å². The Morgan fingerprint density at radius 2 is 1.92 bits per heavy atom. The van der Waals surface area contributed by atoms with Gasteiger partial charge in [-0.2, -0.15) is 0 Å². The standard InChI is InChI=1S/C20H28O4/c1-5-15(2)7-6-12-20(3,4)24-19(23)13-18(22)17-10-8-16(14-21)9-11-17/h5,8-11,15,21H,1,6-7,12-14H2,2-4H3. The summed E-state index contributed by atoms with van der Waals surface area (Å²) < 4.78 is 5.46. The van der Waals surface area contributed by atoms with Crippen LogP contribution >= 0.6 is 0 Å².